The van der Waals surface area contributed by atoms with Crippen molar-refractivity contribution >= 4 is 28.6 Å². The highest BCUT2D eigenvalue weighted by molar-refractivity contribution is 7.80. The molecule has 0 fully saturated rings. The molecule has 3 aromatic carbocycles. The van der Waals surface area contributed by atoms with Crippen LogP contribution in [-0.4, -0.2) is 15.3 Å². The van der Waals surface area contributed by atoms with Gasteiger partial charge in [-0.1, -0.05) is 85.7 Å². The zero-order valence-electron chi connectivity index (χ0n) is 20.2. The molecular formula is C29H28N4OS. The van der Waals surface area contributed by atoms with Crippen LogP contribution in [-0.2, 0) is 12.8 Å². The number of aryl methyl sites for hydroxylation is 2. The van der Waals surface area contributed by atoms with Gasteiger partial charge >= 0.3 is 0 Å². The molecule has 1 atom stereocenters. The fourth-order valence-corrected chi connectivity index (χ4v) is 4.84. The molecule has 176 valence electrons. The van der Waals surface area contributed by atoms with Crippen LogP contribution in [0.15, 0.2) is 89.1 Å². The summed E-state index contributed by atoms with van der Waals surface area (Å²) >= 11 is 5.87. The van der Waals surface area contributed by atoms with Gasteiger partial charge in [0.2, 0.25) is 5.82 Å². The number of nitrogens with one attached hydrogen (secondary N) is 1. The summed E-state index contributed by atoms with van der Waals surface area (Å²) in [6.07, 6.45) is 1.94. The van der Waals surface area contributed by atoms with Crippen LogP contribution < -0.4 is 10.2 Å². The maximum Gasteiger partial charge on any atom is 0.258 e. The van der Waals surface area contributed by atoms with Crippen molar-refractivity contribution in [3.8, 4) is 11.4 Å². The van der Waals surface area contributed by atoms with Crippen LogP contribution >= 0.6 is 12.2 Å². The third-order valence-electron chi connectivity index (χ3n) is 6.47. The molecule has 0 spiro atoms. The van der Waals surface area contributed by atoms with Gasteiger partial charge in [-0.15, -0.1) is 0 Å². The average molecular weight is 481 g/mol. The molecule has 1 N–H and O–H groups in total. The number of anilines is 1. The molecule has 1 aliphatic heterocycles. The first-order valence-corrected chi connectivity index (χ1v) is 12.4. The molecule has 0 amide bonds. The van der Waals surface area contributed by atoms with Gasteiger partial charge in [-0.2, -0.15) is 4.98 Å². The Labute approximate surface area is 211 Å². The Morgan fingerprint density at radius 1 is 0.914 bits per heavy atom. The summed E-state index contributed by atoms with van der Waals surface area (Å²) < 4.78 is 5.87. The smallest absolute Gasteiger partial charge is 0.258 e. The minimum atomic E-state index is -0.204. The van der Waals surface area contributed by atoms with Crippen molar-refractivity contribution in [1.29, 1.82) is 0 Å². The van der Waals surface area contributed by atoms with Gasteiger partial charge in [0.1, 0.15) is 0 Å². The van der Waals surface area contributed by atoms with E-state index in [0.29, 0.717) is 16.8 Å². The average Bonchev–Trinajstić information content (AvgIpc) is 3.39. The second-order valence-corrected chi connectivity index (χ2v) is 9.01. The summed E-state index contributed by atoms with van der Waals surface area (Å²) in [5.74, 6) is 1.06. The van der Waals surface area contributed by atoms with E-state index < -0.39 is 0 Å². The van der Waals surface area contributed by atoms with E-state index in [9.17, 15) is 0 Å². The van der Waals surface area contributed by atoms with Gasteiger partial charge in [0, 0.05) is 16.9 Å². The van der Waals surface area contributed by atoms with Crippen molar-refractivity contribution < 1.29 is 4.52 Å². The lowest BCUT2D eigenvalue weighted by atomic mass is 9.94. The Hall–Kier alpha value is -3.77. The first-order valence-electron chi connectivity index (χ1n) is 12.0. The second-order valence-electron chi connectivity index (χ2n) is 8.62. The van der Waals surface area contributed by atoms with Gasteiger partial charge in [0.25, 0.3) is 5.89 Å². The normalized spacial score (nSPS) is 15.9. The van der Waals surface area contributed by atoms with E-state index in [2.05, 4.69) is 84.7 Å². The van der Waals surface area contributed by atoms with Crippen LogP contribution in [0.4, 0.5) is 5.69 Å². The Balaban J connectivity index is 1.63. The van der Waals surface area contributed by atoms with Gasteiger partial charge in [-0.25, -0.2) is 0 Å². The quantitative estimate of drug-likeness (QED) is 0.309. The third-order valence-corrected chi connectivity index (χ3v) is 6.77. The summed E-state index contributed by atoms with van der Waals surface area (Å²) in [5, 5.41) is 8.50. The number of benzene rings is 3. The van der Waals surface area contributed by atoms with Crippen LogP contribution in [0.3, 0.4) is 0 Å². The summed E-state index contributed by atoms with van der Waals surface area (Å²) in [5.41, 5.74) is 7.42. The molecule has 4 aromatic rings. The van der Waals surface area contributed by atoms with E-state index in [-0.39, 0.29) is 6.04 Å². The number of rotatable bonds is 6. The van der Waals surface area contributed by atoms with E-state index in [0.717, 1.165) is 40.9 Å². The molecular weight excluding hydrogens is 452 g/mol. The Kier molecular flexibility index (Phi) is 6.47. The van der Waals surface area contributed by atoms with Gasteiger partial charge in [-0.05, 0) is 60.8 Å². The minimum absolute atomic E-state index is 0.204. The van der Waals surface area contributed by atoms with Crippen LogP contribution in [0.5, 0.6) is 0 Å². The monoisotopic (exact) mass is 480 g/mol. The Morgan fingerprint density at radius 3 is 2.37 bits per heavy atom. The van der Waals surface area contributed by atoms with Crippen LogP contribution in [0.1, 0.15) is 49.4 Å². The lowest BCUT2D eigenvalue weighted by Crippen LogP contribution is -2.46. The lowest BCUT2D eigenvalue weighted by molar-refractivity contribution is 0.404. The predicted octanol–water partition coefficient (Wildman–Crippen LogP) is 6.73. The summed E-state index contributed by atoms with van der Waals surface area (Å²) in [7, 11) is 0. The maximum atomic E-state index is 5.87. The minimum Gasteiger partial charge on any atom is -0.351 e. The molecule has 1 aliphatic rings. The second kappa shape index (κ2) is 9.84. The molecule has 6 heteroatoms. The highest BCUT2D eigenvalue weighted by atomic mass is 32.1. The maximum absolute atomic E-state index is 5.87. The van der Waals surface area contributed by atoms with Gasteiger partial charge in [0.15, 0.2) is 5.11 Å². The molecule has 2 heterocycles. The highest BCUT2D eigenvalue weighted by Gasteiger charge is 2.34. The molecule has 5 rings (SSSR count). The van der Waals surface area contributed by atoms with Gasteiger partial charge in [0.05, 0.1) is 11.6 Å². The van der Waals surface area contributed by atoms with Crippen molar-refractivity contribution in [3.05, 3.63) is 107 Å². The SMILES string of the molecule is CCc1ccc(-c2noc(C3=C(C)N(c4cccc(CC)c4)C(=S)NC3c3ccccc3)n2)cc1. The molecule has 0 saturated carbocycles. The molecule has 0 radical (unpaired) electrons. The number of thiocarbonyl (C=S) groups is 1. The number of aromatic nitrogens is 2. The lowest BCUT2D eigenvalue weighted by Gasteiger charge is -2.37. The summed E-state index contributed by atoms with van der Waals surface area (Å²) in [6.45, 7) is 6.36. The third kappa shape index (κ3) is 4.49. The Bertz CT molecular complexity index is 1380. The van der Waals surface area contributed by atoms with Crippen molar-refractivity contribution in [1.82, 2.24) is 15.5 Å². The fourth-order valence-electron chi connectivity index (χ4n) is 4.48. The molecule has 1 aromatic heterocycles. The molecule has 0 aliphatic carbocycles. The Morgan fingerprint density at radius 2 is 1.66 bits per heavy atom. The van der Waals surface area contributed by atoms with E-state index in [1.165, 1.54) is 11.1 Å². The zero-order chi connectivity index (χ0) is 24.4. The van der Waals surface area contributed by atoms with Crippen molar-refractivity contribution in [2.24, 2.45) is 0 Å². The van der Waals surface area contributed by atoms with Crippen molar-refractivity contribution in [3.63, 3.8) is 0 Å². The number of hydrogen-bond donors (Lipinski definition) is 1. The molecule has 5 nitrogen and oxygen atoms in total. The largest absolute Gasteiger partial charge is 0.351 e. The number of hydrogen-bond acceptors (Lipinski definition) is 4. The van der Waals surface area contributed by atoms with E-state index >= 15 is 0 Å². The topological polar surface area (TPSA) is 54.2 Å². The molecule has 0 bridgehead atoms. The van der Waals surface area contributed by atoms with E-state index in [4.69, 9.17) is 21.7 Å². The first kappa shape index (κ1) is 23.0. The molecule has 35 heavy (non-hydrogen) atoms. The van der Waals surface area contributed by atoms with Crippen LogP contribution in [0, 0.1) is 0 Å². The summed E-state index contributed by atoms with van der Waals surface area (Å²) in [6, 6.07) is 26.8. The van der Waals surface area contributed by atoms with Crippen molar-refractivity contribution in [2.75, 3.05) is 4.90 Å². The number of nitrogens with zero attached hydrogens (tertiary/aromatic N) is 3. The first-order chi connectivity index (χ1) is 17.1. The van der Waals surface area contributed by atoms with E-state index in [1.807, 2.05) is 30.3 Å². The fraction of sp³-hybridized carbons (Fsp3) is 0.207. The van der Waals surface area contributed by atoms with Crippen LogP contribution in [0.25, 0.3) is 17.0 Å². The predicted molar refractivity (Wildman–Crippen MR) is 145 cm³/mol. The highest BCUT2D eigenvalue weighted by Crippen LogP contribution is 2.39. The number of allylic oxidation sites excluding steroid dienone is 1. The van der Waals surface area contributed by atoms with Gasteiger partial charge in [-0.3, -0.25) is 4.90 Å². The molecule has 0 saturated heterocycles. The zero-order valence-corrected chi connectivity index (χ0v) is 21.0. The van der Waals surface area contributed by atoms with Crippen LogP contribution in [0.2, 0.25) is 0 Å². The summed E-state index contributed by atoms with van der Waals surface area (Å²) in [4.78, 5) is 6.89. The standard InChI is InChI=1S/C29H28N4OS/c1-4-20-14-16-23(17-15-20)27-31-28(34-32-27)25-19(3)33(24-13-9-10-21(5-2)18-24)29(35)30-26(25)22-11-7-6-8-12-22/h6-18,26H,4-5H2,1-3H3,(H,30,35). The molecule has 1 unspecified atom stereocenters. The van der Waals surface area contributed by atoms with E-state index in [1.54, 1.807) is 0 Å². The van der Waals surface area contributed by atoms with Gasteiger partial charge < -0.3 is 9.84 Å². The van der Waals surface area contributed by atoms with Crippen molar-refractivity contribution in [2.45, 2.75) is 39.7 Å².